The third kappa shape index (κ3) is 2.90. The number of carboxylic acid groups (broad SMARTS) is 1. The van der Waals surface area contributed by atoms with Gasteiger partial charge < -0.3 is 10.0 Å². The molecule has 0 spiro atoms. The quantitative estimate of drug-likeness (QED) is 0.906. The lowest BCUT2D eigenvalue weighted by atomic mass is 10.1. The number of thiophene rings is 1. The van der Waals surface area contributed by atoms with Crippen molar-refractivity contribution in [3.05, 3.63) is 22.4 Å². The zero-order valence-electron chi connectivity index (χ0n) is 10.3. The lowest BCUT2D eigenvalue weighted by molar-refractivity contribution is -0.141. The minimum atomic E-state index is -0.795. The summed E-state index contributed by atoms with van der Waals surface area (Å²) in [5.41, 5.74) is 0. The molecule has 0 saturated carbocycles. The summed E-state index contributed by atoms with van der Waals surface area (Å²) < 4.78 is 0. The van der Waals surface area contributed by atoms with Crippen molar-refractivity contribution < 1.29 is 14.7 Å². The molecule has 0 bridgehead atoms. The maximum atomic E-state index is 12.2. The number of likely N-dealkylation sites (tertiary alicyclic amines) is 1. The molecule has 2 rings (SSSR count). The highest BCUT2D eigenvalue weighted by Gasteiger charge is 2.32. The minimum absolute atomic E-state index is 0.0730. The number of carboxylic acids is 1. The van der Waals surface area contributed by atoms with Crippen LogP contribution in [0.15, 0.2) is 17.5 Å². The molecule has 5 heteroatoms. The third-order valence-corrected chi connectivity index (χ3v) is 4.26. The monoisotopic (exact) mass is 267 g/mol. The van der Waals surface area contributed by atoms with Crippen LogP contribution in [-0.4, -0.2) is 35.0 Å². The Bertz CT molecular complexity index is 429. The zero-order chi connectivity index (χ0) is 13.1. The van der Waals surface area contributed by atoms with E-state index in [1.807, 2.05) is 24.4 Å². The Balaban J connectivity index is 1.90. The molecule has 0 unspecified atom stereocenters. The van der Waals surface area contributed by atoms with Crippen molar-refractivity contribution in [3.63, 3.8) is 0 Å². The Morgan fingerprint density at radius 1 is 1.61 bits per heavy atom. The predicted molar refractivity (Wildman–Crippen MR) is 69.5 cm³/mol. The average molecular weight is 267 g/mol. The van der Waals surface area contributed by atoms with Crippen LogP contribution in [0, 0.1) is 11.8 Å². The molecule has 0 aromatic carbocycles. The van der Waals surface area contributed by atoms with Gasteiger partial charge in [-0.15, -0.1) is 11.3 Å². The van der Waals surface area contributed by atoms with Crippen LogP contribution in [0.2, 0.25) is 0 Å². The maximum absolute atomic E-state index is 12.2. The van der Waals surface area contributed by atoms with Crippen LogP contribution in [0.3, 0.4) is 0 Å². The molecule has 1 N–H and O–H groups in total. The van der Waals surface area contributed by atoms with Gasteiger partial charge >= 0.3 is 5.97 Å². The number of carbonyl (C=O) groups excluding carboxylic acids is 1. The van der Waals surface area contributed by atoms with Gasteiger partial charge in [-0.25, -0.2) is 0 Å². The molecule has 1 aromatic rings. The van der Waals surface area contributed by atoms with Crippen LogP contribution in [0.25, 0.3) is 0 Å². The van der Waals surface area contributed by atoms with Crippen LogP contribution >= 0.6 is 11.3 Å². The smallest absolute Gasteiger partial charge is 0.308 e. The second-order valence-electron chi connectivity index (χ2n) is 4.79. The van der Waals surface area contributed by atoms with Crippen molar-refractivity contribution in [2.45, 2.75) is 19.8 Å². The van der Waals surface area contributed by atoms with Crippen LogP contribution in [-0.2, 0) is 16.0 Å². The number of amides is 1. The van der Waals surface area contributed by atoms with Crippen LogP contribution in [0.4, 0.5) is 0 Å². The number of hydrogen-bond acceptors (Lipinski definition) is 3. The van der Waals surface area contributed by atoms with E-state index in [1.54, 1.807) is 16.2 Å². The lowest BCUT2D eigenvalue weighted by Gasteiger charge is -2.20. The van der Waals surface area contributed by atoms with E-state index in [1.165, 1.54) is 4.88 Å². The van der Waals surface area contributed by atoms with Crippen LogP contribution < -0.4 is 0 Å². The van der Waals surface area contributed by atoms with E-state index >= 15 is 0 Å². The molecule has 0 aliphatic carbocycles. The zero-order valence-corrected chi connectivity index (χ0v) is 11.2. The first kappa shape index (κ1) is 13.1. The Kier molecular flexibility index (Phi) is 4.01. The van der Waals surface area contributed by atoms with E-state index in [-0.39, 0.29) is 17.7 Å². The number of aliphatic carboxylic acids is 1. The van der Waals surface area contributed by atoms with Crippen molar-refractivity contribution in [3.8, 4) is 0 Å². The lowest BCUT2D eigenvalue weighted by Crippen LogP contribution is -2.34. The summed E-state index contributed by atoms with van der Waals surface area (Å²) in [6.07, 6.45) is 1.32. The number of rotatable bonds is 4. The van der Waals surface area contributed by atoms with E-state index in [0.29, 0.717) is 19.5 Å². The highest BCUT2D eigenvalue weighted by Crippen LogP contribution is 2.21. The third-order valence-electron chi connectivity index (χ3n) is 3.36. The van der Waals surface area contributed by atoms with Crippen molar-refractivity contribution in [2.75, 3.05) is 13.1 Å². The Morgan fingerprint density at radius 2 is 2.39 bits per heavy atom. The molecular formula is C13H17NO3S. The fraction of sp³-hybridized carbons (Fsp3) is 0.538. The van der Waals surface area contributed by atoms with Crippen molar-refractivity contribution in [1.82, 2.24) is 4.90 Å². The van der Waals surface area contributed by atoms with Gasteiger partial charge in [-0.05, 0) is 24.3 Å². The number of nitrogens with zero attached hydrogens (tertiary/aromatic N) is 1. The molecule has 1 aromatic heterocycles. The largest absolute Gasteiger partial charge is 0.481 e. The summed E-state index contributed by atoms with van der Waals surface area (Å²) in [4.78, 5) is 25.9. The topological polar surface area (TPSA) is 57.6 Å². The van der Waals surface area contributed by atoms with Crippen LogP contribution in [0.5, 0.6) is 0 Å². The first-order valence-corrected chi connectivity index (χ1v) is 7.00. The second kappa shape index (κ2) is 5.52. The van der Waals surface area contributed by atoms with Crippen molar-refractivity contribution >= 4 is 23.2 Å². The molecule has 0 radical (unpaired) electrons. The maximum Gasteiger partial charge on any atom is 0.308 e. The van der Waals surface area contributed by atoms with Gasteiger partial charge in [-0.1, -0.05) is 13.0 Å². The summed E-state index contributed by atoms with van der Waals surface area (Å²) in [6, 6.07) is 4.01. The number of hydrogen-bond donors (Lipinski definition) is 1. The minimum Gasteiger partial charge on any atom is -0.481 e. The summed E-state index contributed by atoms with van der Waals surface area (Å²) in [7, 11) is 0. The van der Waals surface area contributed by atoms with E-state index < -0.39 is 5.97 Å². The van der Waals surface area contributed by atoms with Crippen LogP contribution in [0.1, 0.15) is 18.2 Å². The number of carbonyl (C=O) groups is 2. The van der Waals surface area contributed by atoms with E-state index in [4.69, 9.17) is 5.11 Å². The van der Waals surface area contributed by atoms with E-state index in [2.05, 4.69) is 0 Å². The summed E-state index contributed by atoms with van der Waals surface area (Å²) in [5.74, 6) is -1.18. The SMILES string of the molecule is C[C@H](Cc1cccs1)C(=O)N1CC[C@H](C(=O)O)C1. The highest BCUT2D eigenvalue weighted by atomic mass is 32.1. The Hall–Kier alpha value is -1.36. The van der Waals surface area contributed by atoms with Gasteiger partial charge in [0.2, 0.25) is 5.91 Å². The molecular weight excluding hydrogens is 250 g/mol. The van der Waals surface area contributed by atoms with E-state index in [9.17, 15) is 9.59 Å². The molecule has 1 fully saturated rings. The summed E-state index contributed by atoms with van der Waals surface area (Å²) in [6.45, 7) is 2.85. The molecule has 1 amide bonds. The average Bonchev–Trinajstić information content (AvgIpc) is 2.98. The van der Waals surface area contributed by atoms with Gasteiger partial charge in [-0.3, -0.25) is 9.59 Å². The van der Waals surface area contributed by atoms with Gasteiger partial charge in [0, 0.05) is 23.9 Å². The normalized spacial score (nSPS) is 20.9. The first-order chi connectivity index (χ1) is 8.58. The summed E-state index contributed by atoms with van der Waals surface area (Å²) in [5, 5.41) is 10.9. The predicted octanol–water partition coefficient (Wildman–Crippen LogP) is 1.86. The molecule has 4 nitrogen and oxygen atoms in total. The molecule has 2 heterocycles. The fourth-order valence-corrected chi connectivity index (χ4v) is 3.13. The Morgan fingerprint density at radius 3 is 2.94 bits per heavy atom. The van der Waals surface area contributed by atoms with Crippen molar-refractivity contribution in [1.29, 1.82) is 0 Å². The van der Waals surface area contributed by atoms with Crippen molar-refractivity contribution in [2.24, 2.45) is 11.8 Å². The van der Waals surface area contributed by atoms with E-state index in [0.717, 1.165) is 6.42 Å². The Labute approximate surface area is 110 Å². The molecule has 18 heavy (non-hydrogen) atoms. The fourth-order valence-electron chi connectivity index (χ4n) is 2.29. The van der Waals surface area contributed by atoms with Gasteiger partial charge in [0.1, 0.15) is 0 Å². The first-order valence-electron chi connectivity index (χ1n) is 6.12. The second-order valence-corrected chi connectivity index (χ2v) is 5.82. The van der Waals surface area contributed by atoms with Gasteiger partial charge in [0.15, 0.2) is 0 Å². The highest BCUT2D eigenvalue weighted by molar-refractivity contribution is 7.09. The standard InChI is InChI=1S/C13H17NO3S/c1-9(7-11-3-2-6-18-11)12(15)14-5-4-10(8-14)13(16)17/h2-3,6,9-10H,4-5,7-8H2,1H3,(H,16,17)/t9-,10+/m1/s1. The molecule has 1 saturated heterocycles. The van der Waals surface area contributed by atoms with Gasteiger partial charge in [-0.2, -0.15) is 0 Å². The molecule has 2 atom stereocenters. The molecule has 1 aliphatic heterocycles. The summed E-state index contributed by atoms with van der Waals surface area (Å²) >= 11 is 1.65. The molecule has 1 aliphatic rings. The van der Waals surface area contributed by atoms with Gasteiger partial charge in [0.25, 0.3) is 0 Å². The van der Waals surface area contributed by atoms with Gasteiger partial charge in [0.05, 0.1) is 5.92 Å². The molecule has 98 valence electrons.